The molecule has 0 radical (unpaired) electrons. The predicted molar refractivity (Wildman–Crippen MR) is 106 cm³/mol. The Morgan fingerprint density at radius 1 is 1.18 bits per heavy atom. The first-order chi connectivity index (χ1) is 13.6. The molecule has 2 aliphatic rings. The number of Topliss-reactive ketones (excluding diaryl/α,β-unsaturated/α-hetero) is 1. The van der Waals surface area contributed by atoms with Crippen LogP contribution in [0.4, 0.5) is 5.69 Å². The fraction of sp³-hybridized carbons (Fsp3) is 0.429. The number of rotatable bonds is 5. The third-order valence-electron chi connectivity index (χ3n) is 5.29. The molecule has 1 unspecified atom stereocenters. The standard InChI is InChI=1S/C21H24N4O3/c1-15-18(26)9-8-16(20(15)27)22-19-17-7-3-6-12-25(17)23-21(19)28-14-13-24-10-4-2-5-11-24/h3,6-9,12,15H,2,4-5,10-11,13-14H2,1H3. The lowest BCUT2D eigenvalue weighted by Crippen LogP contribution is -2.33. The molecule has 1 saturated heterocycles. The molecule has 3 heterocycles. The Balaban J connectivity index is 1.60. The van der Waals surface area contributed by atoms with Crippen molar-refractivity contribution in [3.05, 3.63) is 36.5 Å². The molecule has 2 aromatic rings. The summed E-state index contributed by atoms with van der Waals surface area (Å²) in [4.78, 5) is 31.1. The quantitative estimate of drug-likeness (QED) is 0.746. The summed E-state index contributed by atoms with van der Waals surface area (Å²) in [5.74, 6) is -0.764. The van der Waals surface area contributed by atoms with Gasteiger partial charge in [-0.1, -0.05) is 12.5 Å². The van der Waals surface area contributed by atoms with Crippen LogP contribution in [-0.4, -0.2) is 58.0 Å². The lowest BCUT2D eigenvalue weighted by molar-refractivity contribution is -0.126. The van der Waals surface area contributed by atoms with Crippen LogP contribution in [0.5, 0.6) is 5.88 Å². The van der Waals surface area contributed by atoms with Crippen LogP contribution in [0.2, 0.25) is 0 Å². The number of aliphatic imine (C=N–C) groups is 1. The lowest BCUT2D eigenvalue weighted by Gasteiger charge is -2.25. The Hall–Kier alpha value is -2.80. The molecule has 0 bridgehead atoms. The minimum atomic E-state index is -0.700. The van der Waals surface area contributed by atoms with Gasteiger partial charge in [0.1, 0.15) is 12.3 Å². The first kappa shape index (κ1) is 18.6. The highest BCUT2D eigenvalue weighted by molar-refractivity contribution is 6.50. The number of fused-ring (bicyclic) bond motifs is 1. The lowest BCUT2D eigenvalue weighted by atomic mass is 9.92. The average Bonchev–Trinajstić information content (AvgIpc) is 3.06. The highest BCUT2D eigenvalue weighted by atomic mass is 16.5. The molecule has 0 spiro atoms. The summed E-state index contributed by atoms with van der Waals surface area (Å²) in [6.45, 7) is 5.17. The summed E-state index contributed by atoms with van der Waals surface area (Å²) in [5, 5.41) is 4.49. The number of pyridine rings is 1. The van der Waals surface area contributed by atoms with E-state index in [-0.39, 0.29) is 17.3 Å². The maximum atomic E-state index is 12.5. The van der Waals surface area contributed by atoms with Crippen LogP contribution in [0, 0.1) is 5.92 Å². The molecule has 2 aromatic heterocycles. The van der Waals surface area contributed by atoms with Crippen molar-refractivity contribution in [3.63, 3.8) is 0 Å². The third kappa shape index (κ3) is 3.75. The molecular weight excluding hydrogens is 356 g/mol. The van der Waals surface area contributed by atoms with Crippen LogP contribution in [0.15, 0.2) is 41.5 Å². The topological polar surface area (TPSA) is 76.3 Å². The average molecular weight is 380 g/mol. The summed E-state index contributed by atoms with van der Waals surface area (Å²) in [6.07, 6.45) is 8.48. The van der Waals surface area contributed by atoms with E-state index in [0.29, 0.717) is 18.2 Å². The van der Waals surface area contributed by atoms with E-state index in [0.717, 1.165) is 25.2 Å². The second kappa shape index (κ2) is 8.06. The number of piperidine rings is 1. The van der Waals surface area contributed by atoms with Crippen molar-refractivity contribution in [2.24, 2.45) is 10.9 Å². The molecule has 1 aliphatic carbocycles. The number of nitrogens with zero attached hydrogens (tertiary/aromatic N) is 4. The van der Waals surface area contributed by atoms with E-state index in [9.17, 15) is 9.59 Å². The zero-order chi connectivity index (χ0) is 19.5. The van der Waals surface area contributed by atoms with Gasteiger partial charge >= 0.3 is 0 Å². The minimum absolute atomic E-state index is 0.193. The van der Waals surface area contributed by atoms with Gasteiger partial charge in [-0.25, -0.2) is 9.51 Å². The number of carbonyl (C=O) groups is 2. The molecular formula is C21H24N4O3. The molecule has 1 fully saturated rings. The first-order valence-electron chi connectivity index (χ1n) is 9.81. The van der Waals surface area contributed by atoms with E-state index < -0.39 is 5.92 Å². The summed E-state index contributed by atoms with van der Waals surface area (Å²) in [7, 11) is 0. The molecule has 0 amide bonds. The molecule has 0 aromatic carbocycles. The molecule has 1 aliphatic heterocycles. The van der Waals surface area contributed by atoms with Gasteiger partial charge in [0, 0.05) is 12.7 Å². The third-order valence-corrected chi connectivity index (χ3v) is 5.29. The van der Waals surface area contributed by atoms with E-state index >= 15 is 0 Å². The fourth-order valence-corrected chi connectivity index (χ4v) is 3.57. The fourth-order valence-electron chi connectivity index (χ4n) is 3.57. The molecule has 28 heavy (non-hydrogen) atoms. The number of ether oxygens (including phenoxy) is 1. The highest BCUT2D eigenvalue weighted by Gasteiger charge is 2.28. The van der Waals surface area contributed by atoms with Crippen molar-refractivity contribution < 1.29 is 14.3 Å². The first-order valence-corrected chi connectivity index (χ1v) is 9.81. The Labute approximate surface area is 163 Å². The maximum Gasteiger partial charge on any atom is 0.260 e. The number of ketones is 2. The number of hydrogen-bond donors (Lipinski definition) is 0. The van der Waals surface area contributed by atoms with Gasteiger partial charge in [-0.15, -0.1) is 5.10 Å². The van der Waals surface area contributed by atoms with Crippen LogP contribution in [0.3, 0.4) is 0 Å². The number of aromatic nitrogens is 2. The van der Waals surface area contributed by atoms with E-state index in [2.05, 4.69) is 15.0 Å². The monoisotopic (exact) mass is 380 g/mol. The second-order valence-electron chi connectivity index (χ2n) is 7.25. The largest absolute Gasteiger partial charge is 0.474 e. The van der Waals surface area contributed by atoms with Crippen LogP contribution in [-0.2, 0) is 9.59 Å². The van der Waals surface area contributed by atoms with Crippen LogP contribution < -0.4 is 4.74 Å². The van der Waals surface area contributed by atoms with Gasteiger partial charge in [0.15, 0.2) is 17.3 Å². The van der Waals surface area contributed by atoms with Crippen molar-refractivity contribution >= 4 is 28.5 Å². The van der Waals surface area contributed by atoms with Crippen molar-refractivity contribution in [2.45, 2.75) is 26.2 Å². The van der Waals surface area contributed by atoms with Gasteiger partial charge in [0.2, 0.25) is 0 Å². The second-order valence-corrected chi connectivity index (χ2v) is 7.25. The number of likely N-dealkylation sites (tertiary alicyclic amines) is 1. The predicted octanol–water partition coefficient (Wildman–Crippen LogP) is 2.62. The molecule has 0 saturated carbocycles. The maximum absolute atomic E-state index is 12.5. The van der Waals surface area contributed by atoms with Gasteiger partial charge in [-0.2, -0.15) is 0 Å². The van der Waals surface area contributed by atoms with Gasteiger partial charge in [-0.3, -0.25) is 14.5 Å². The molecule has 146 valence electrons. The Bertz CT molecular complexity index is 954. The smallest absolute Gasteiger partial charge is 0.260 e. The number of hydrogen-bond acceptors (Lipinski definition) is 6. The van der Waals surface area contributed by atoms with E-state index in [1.807, 2.05) is 24.4 Å². The van der Waals surface area contributed by atoms with E-state index in [1.54, 1.807) is 11.4 Å². The Kier molecular flexibility index (Phi) is 5.34. The molecule has 7 heteroatoms. The van der Waals surface area contributed by atoms with Crippen LogP contribution in [0.25, 0.3) is 5.52 Å². The Morgan fingerprint density at radius 3 is 2.82 bits per heavy atom. The van der Waals surface area contributed by atoms with Gasteiger partial charge in [0.25, 0.3) is 5.88 Å². The summed E-state index contributed by atoms with van der Waals surface area (Å²) >= 11 is 0. The normalized spacial score (nSPS) is 22.3. The number of allylic oxidation sites excluding steroid dienone is 2. The zero-order valence-electron chi connectivity index (χ0n) is 16.0. The minimum Gasteiger partial charge on any atom is -0.474 e. The van der Waals surface area contributed by atoms with Gasteiger partial charge < -0.3 is 4.74 Å². The zero-order valence-corrected chi connectivity index (χ0v) is 16.0. The molecule has 1 atom stereocenters. The van der Waals surface area contributed by atoms with Crippen molar-refractivity contribution in [1.82, 2.24) is 14.5 Å². The summed E-state index contributed by atoms with van der Waals surface area (Å²) in [6, 6.07) is 5.65. The molecule has 4 rings (SSSR count). The summed E-state index contributed by atoms with van der Waals surface area (Å²) < 4.78 is 7.66. The van der Waals surface area contributed by atoms with Crippen molar-refractivity contribution in [3.8, 4) is 5.88 Å². The van der Waals surface area contributed by atoms with E-state index in [1.165, 1.54) is 31.4 Å². The van der Waals surface area contributed by atoms with Crippen LogP contribution in [0.1, 0.15) is 26.2 Å². The van der Waals surface area contributed by atoms with E-state index in [4.69, 9.17) is 4.74 Å². The summed E-state index contributed by atoms with van der Waals surface area (Å²) in [5.41, 5.74) is 1.54. The van der Waals surface area contributed by atoms with Crippen LogP contribution >= 0.6 is 0 Å². The van der Waals surface area contributed by atoms with Crippen molar-refractivity contribution in [2.75, 3.05) is 26.2 Å². The van der Waals surface area contributed by atoms with Gasteiger partial charge in [0.05, 0.1) is 11.4 Å². The SMILES string of the molecule is CC1C(=O)C=CC(=Nc2c(OCCN3CCCCC3)nn3ccccc23)C1=O. The Morgan fingerprint density at radius 2 is 2.00 bits per heavy atom. The van der Waals surface area contributed by atoms with Gasteiger partial charge in [-0.05, 0) is 57.1 Å². The molecule has 7 nitrogen and oxygen atoms in total. The number of carbonyl (C=O) groups excluding carboxylic acids is 2. The highest BCUT2D eigenvalue weighted by Crippen LogP contribution is 2.32. The molecule has 0 N–H and O–H groups in total. The van der Waals surface area contributed by atoms with Crippen molar-refractivity contribution in [1.29, 1.82) is 0 Å².